The minimum atomic E-state index is -0.503. The van der Waals surface area contributed by atoms with Crippen molar-refractivity contribution in [3.05, 3.63) is 28.4 Å². The fraction of sp³-hybridized carbons (Fsp3) is 0.500. The average molecular weight is 437 g/mol. The van der Waals surface area contributed by atoms with E-state index in [0.29, 0.717) is 5.69 Å². The van der Waals surface area contributed by atoms with Gasteiger partial charge in [-0.3, -0.25) is 4.79 Å². The Balaban J connectivity index is 1.89. The molecule has 1 aliphatic heterocycles. The molecule has 1 unspecified atom stereocenters. The van der Waals surface area contributed by atoms with Gasteiger partial charge in [-0.05, 0) is 38.0 Å². The molecule has 1 aromatic carbocycles. The molecule has 0 radical (unpaired) electrons. The lowest BCUT2D eigenvalue weighted by molar-refractivity contribution is -0.925. The summed E-state index contributed by atoms with van der Waals surface area (Å²) in [6.45, 7) is 8.41. The van der Waals surface area contributed by atoms with E-state index < -0.39 is 5.97 Å². The topological polar surface area (TPSA) is 75.6 Å². The van der Waals surface area contributed by atoms with Crippen molar-refractivity contribution in [2.75, 3.05) is 25.5 Å². The lowest BCUT2D eigenvalue weighted by atomic mass is 9.83. The van der Waals surface area contributed by atoms with Crippen molar-refractivity contribution in [3.8, 4) is 0 Å². The van der Waals surface area contributed by atoms with Crippen LogP contribution in [0.3, 0.4) is 0 Å². The number of anilines is 1. The fourth-order valence-electron chi connectivity index (χ4n) is 3.92. The van der Waals surface area contributed by atoms with Crippen molar-refractivity contribution in [1.29, 1.82) is 0 Å². The first-order chi connectivity index (χ1) is 12.7. The number of nitrogens with one attached hydrogen (secondary N) is 3. The maximum Gasteiger partial charge on any atom is 0.356 e. The van der Waals surface area contributed by atoms with Crippen LogP contribution in [-0.4, -0.2) is 43.1 Å². The highest BCUT2D eigenvalue weighted by Gasteiger charge is 2.35. The normalized spacial score (nSPS) is 20.3. The number of benzene rings is 1. The maximum atomic E-state index is 13.0. The van der Waals surface area contributed by atoms with Gasteiger partial charge in [0.15, 0.2) is 6.04 Å². The van der Waals surface area contributed by atoms with E-state index in [1.54, 1.807) is 0 Å². The number of quaternary nitrogens is 1. The van der Waals surface area contributed by atoms with E-state index in [1.165, 1.54) is 18.4 Å². The van der Waals surface area contributed by atoms with Gasteiger partial charge in [-0.15, -0.1) is 0 Å². The SMILES string of the molecule is COC(=O)c1[nH]c2ccc(Br)cc2c1NC(=O)[C@@H](C)[NH+]1CCCC(C)(C)C1. The molecule has 2 atom stereocenters. The molecule has 0 spiro atoms. The first-order valence-corrected chi connectivity index (χ1v) is 10.1. The molecule has 0 saturated carbocycles. The lowest BCUT2D eigenvalue weighted by Crippen LogP contribution is -3.18. The van der Waals surface area contributed by atoms with Gasteiger partial charge in [0.2, 0.25) is 0 Å². The number of hydrogen-bond donors (Lipinski definition) is 3. The Labute approximate surface area is 167 Å². The molecule has 1 aromatic heterocycles. The molecule has 146 valence electrons. The summed E-state index contributed by atoms with van der Waals surface area (Å²) < 4.78 is 5.76. The number of aromatic amines is 1. The number of esters is 1. The molecule has 2 heterocycles. The van der Waals surface area contributed by atoms with Crippen molar-refractivity contribution in [1.82, 2.24) is 4.98 Å². The van der Waals surface area contributed by atoms with Crippen molar-refractivity contribution >= 4 is 44.4 Å². The van der Waals surface area contributed by atoms with Gasteiger partial charge in [-0.2, -0.15) is 0 Å². The van der Waals surface area contributed by atoms with E-state index in [9.17, 15) is 9.59 Å². The number of methoxy groups -OCH3 is 1. The summed E-state index contributed by atoms with van der Waals surface area (Å²) in [4.78, 5) is 29.6. The van der Waals surface area contributed by atoms with Gasteiger partial charge in [0.05, 0.1) is 25.9 Å². The summed E-state index contributed by atoms with van der Waals surface area (Å²) in [7, 11) is 1.33. The monoisotopic (exact) mass is 436 g/mol. The third kappa shape index (κ3) is 4.19. The number of aromatic nitrogens is 1. The second-order valence-electron chi connectivity index (χ2n) is 8.12. The molecule has 1 saturated heterocycles. The Morgan fingerprint density at radius 2 is 2.11 bits per heavy atom. The molecule has 2 aromatic rings. The zero-order valence-corrected chi connectivity index (χ0v) is 17.8. The van der Waals surface area contributed by atoms with E-state index in [4.69, 9.17) is 4.74 Å². The van der Waals surface area contributed by atoms with Gasteiger partial charge in [0.1, 0.15) is 5.69 Å². The van der Waals surface area contributed by atoms with E-state index in [0.717, 1.165) is 34.9 Å². The second kappa shape index (κ2) is 7.64. The summed E-state index contributed by atoms with van der Waals surface area (Å²) >= 11 is 3.45. The van der Waals surface area contributed by atoms with E-state index in [1.807, 2.05) is 25.1 Å². The summed E-state index contributed by atoms with van der Waals surface area (Å²) in [6.07, 6.45) is 2.31. The minimum absolute atomic E-state index is 0.0891. The molecule has 1 amide bonds. The summed E-state index contributed by atoms with van der Waals surface area (Å²) in [6, 6.07) is 5.43. The Morgan fingerprint density at radius 3 is 2.78 bits per heavy atom. The zero-order chi connectivity index (χ0) is 19.8. The minimum Gasteiger partial charge on any atom is -0.464 e. The fourth-order valence-corrected chi connectivity index (χ4v) is 4.28. The molecular formula is C20H27BrN3O3+. The van der Waals surface area contributed by atoms with Crippen LogP contribution in [0.5, 0.6) is 0 Å². The van der Waals surface area contributed by atoms with Crippen LogP contribution in [0.1, 0.15) is 44.1 Å². The van der Waals surface area contributed by atoms with Crippen molar-refractivity contribution in [2.24, 2.45) is 5.41 Å². The van der Waals surface area contributed by atoms with Gasteiger partial charge in [-0.25, -0.2) is 4.79 Å². The number of piperidine rings is 1. The molecule has 27 heavy (non-hydrogen) atoms. The largest absolute Gasteiger partial charge is 0.464 e. The summed E-state index contributed by atoms with van der Waals surface area (Å²) in [5, 5.41) is 3.76. The maximum absolute atomic E-state index is 13.0. The van der Waals surface area contributed by atoms with Crippen LogP contribution < -0.4 is 10.2 Å². The molecule has 1 aliphatic rings. The standard InChI is InChI=1S/C20H26BrN3O3/c1-12(24-9-5-8-20(2,3)11-24)18(25)23-16-14-10-13(21)6-7-15(14)22-17(16)19(26)27-4/h6-7,10,12,22H,5,8-9,11H2,1-4H3,(H,23,25)/p+1/t12-/m1/s1. The van der Waals surface area contributed by atoms with Gasteiger partial charge in [0.25, 0.3) is 5.91 Å². The first-order valence-electron chi connectivity index (χ1n) is 9.27. The number of likely N-dealkylation sites (tertiary alicyclic amines) is 1. The number of carbonyl (C=O) groups excluding carboxylic acids is 2. The highest BCUT2D eigenvalue weighted by Crippen LogP contribution is 2.31. The Hall–Kier alpha value is -1.86. The summed E-state index contributed by atoms with van der Waals surface area (Å²) in [5.74, 6) is -0.592. The number of amides is 1. The van der Waals surface area contributed by atoms with Crippen LogP contribution >= 0.6 is 15.9 Å². The van der Waals surface area contributed by atoms with Crippen LogP contribution in [0.25, 0.3) is 10.9 Å². The van der Waals surface area contributed by atoms with Crippen molar-refractivity contribution in [2.45, 2.75) is 39.7 Å². The number of hydrogen-bond acceptors (Lipinski definition) is 3. The number of carbonyl (C=O) groups is 2. The number of ether oxygens (including phenoxy) is 1. The highest BCUT2D eigenvalue weighted by atomic mass is 79.9. The summed E-state index contributed by atoms with van der Waals surface area (Å²) in [5.41, 5.74) is 1.75. The third-order valence-electron chi connectivity index (χ3n) is 5.46. The van der Waals surface area contributed by atoms with Crippen LogP contribution in [0.2, 0.25) is 0 Å². The Morgan fingerprint density at radius 1 is 1.37 bits per heavy atom. The Bertz CT molecular complexity index is 875. The quantitative estimate of drug-likeness (QED) is 0.644. The molecule has 7 heteroatoms. The van der Waals surface area contributed by atoms with Crippen LogP contribution in [-0.2, 0) is 9.53 Å². The number of rotatable bonds is 4. The molecule has 3 N–H and O–H groups in total. The van der Waals surface area contributed by atoms with Crippen LogP contribution in [0.4, 0.5) is 5.69 Å². The van der Waals surface area contributed by atoms with Crippen LogP contribution in [0.15, 0.2) is 22.7 Å². The smallest absolute Gasteiger partial charge is 0.356 e. The molecular weight excluding hydrogens is 410 g/mol. The molecule has 0 aliphatic carbocycles. The van der Waals surface area contributed by atoms with E-state index in [-0.39, 0.29) is 23.1 Å². The van der Waals surface area contributed by atoms with Gasteiger partial charge < -0.3 is 19.9 Å². The first kappa shape index (κ1) is 19.9. The second-order valence-corrected chi connectivity index (χ2v) is 9.04. The average Bonchev–Trinajstić information content (AvgIpc) is 2.97. The number of H-pyrrole nitrogens is 1. The van der Waals surface area contributed by atoms with E-state index >= 15 is 0 Å². The predicted octanol–water partition coefficient (Wildman–Crippen LogP) is 2.75. The van der Waals surface area contributed by atoms with Gasteiger partial charge in [0, 0.05) is 20.8 Å². The van der Waals surface area contributed by atoms with Gasteiger partial charge >= 0.3 is 5.97 Å². The number of halogens is 1. The van der Waals surface area contributed by atoms with Crippen LogP contribution in [0, 0.1) is 5.41 Å². The zero-order valence-electron chi connectivity index (χ0n) is 16.2. The Kier molecular flexibility index (Phi) is 5.63. The third-order valence-corrected chi connectivity index (χ3v) is 5.95. The van der Waals surface area contributed by atoms with E-state index in [2.05, 4.69) is 40.1 Å². The molecule has 3 rings (SSSR count). The lowest BCUT2D eigenvalue weighted by Gasteiger charge is -2.37. The van der Waals surface area contributed by atoms with Crippen molar-refractivity contribution in [3.63, 3.8) is 0 Å². The van der Waals surface area contributed by atoms with Crippen molar-refractivity contribution < 1.29 is 19.2 Å². The number of fused-ring (bicyclic) bond motifs is 1. The molecule has 1 fully saturated rings. The molecule has 6 nitrogen and oxygen atoms in total. The highest BCUT2D eigenvalue weighted by molar-refractivity contribution is 9.10. The molecule has 0 bridgehead atoms. The van der Waals surface area contributed by atoms with Gasteiger partial charge in [-0.1, -0.05) is 29.8 Å². The predicted molar refractivity (Wildman–Crippen MR) is 109 cm³/mol.